The molecule has 0 aromatic heterocycles. The van der Waals surface area contributed by atoms with Crippen LogP contribution in [-0.4, -0.2) is 0 Å². The minimum atomic E-state index is 0.400. The van der Waals surface area contributed by atoms with Gasteiger partial charge in [-0.15, -0.1) is 0 Å². The first kappa shape index (κ1) is 12.6. The van der Waals surface area contributed by atoms with E-state index in [1.807, 2.05) is 30.3 Å². The molecule has 0 aliphatic rings. The third-order valence-corrected chi connectivity index (χ3v) is 2.84. The first-order valence-electron chi connectivity index (χ1n) is 5.35. The van der Waals surface area contributed by atoms with Crippen LogP contribution < -0.4 is 0 Å². The predicted octanol–water partition coefficient (Wildman–Crippen LogP) is 5.41. The van der Waals surface area contributed by atoms with E-state index in [4.69, 9.17) is 23.2 Å². The van der Waals surface area contributed by atoms with Gasteiger partial charge in [0.15, 0.2) is 0 Å². The Morgan fingerprint density at radius 1 is 1.07 bits per heavy atom. The second-order valence-electron chi connectivity index (χ2n) is 3.56. The van der Waals surface area contributed by atoms with Crippen molar-refractivity contribution in [1.29, 1.82) is 0 Å². The summed E-state index contributed by atoms with van der Waals surface area (Å²) in [5, 5.41) is 0. The molecular formula is C13H16Cl2. The zero-order valence-electron chi connectivity index (χ0n) is 8.97. The summed E-state index contributed by atoms with van der Waals surface area (Å²) in [6, 6.07) is 10.1. The molecule has 0 radical (unpaired) electrons. The highest BCUT2D eigenvalue weighted by Crippen LogP contribution is 2.28. The van der Waals surface area contributed by atoms with Gasteiger partial charge in [0.05, 0.1) is 0 Å². The van der Waals surface area contributed by atoms with Gasteiger partial charge < -0.3 is 0 Å². The molecule has 1 rings (SSSR count). The highest BCUT2D eigenvalue weighted by molar-refractivity contribution is 6.58. The Kier molecular flexibility index (Phi) is 5.82. The molecule has 1 aromatic rings. The largest absolute Gasteiger partial charge is 0.110 e. The fourth-order valence-electron chi connectivity index (χ4n) is 1.54. The van der Waals surface area contributed by atoms with Gasteiger partial charge in [-0.25, -0.2) is 0 Å². The van der Waals surface area contributed by atoms with Crippen LogP contribution in [0.2, 0.25) is 0 Å². The Labute approximate surface area is 102 Å². The lowest BCUT2D eigenvalue weighted by Gasteiger charge is -2.07. The smallest absolute Gasteiger partial charge is 0.0706 e. The number of rotatable bonds is 5. The molecule has 0 aliphatic heterocycles. The van der Waals surface area contributed by atoms with E-state index in [2.05, 4.69) is 6.92 Å². The zero-order valence-corrected chi connectivity index (χ0v) is 10.5. The Morgan fingerprint density at radius 2 is 1.73 bits per heavy atom. The second-order valence-corrected chi connectivity index (χ2v) is 4.51. The number of hydrogen-bond acceptors (Lipinski definition) is 0. The van der Waals surface area contributed by atoms with Crippen LogP contribution in [0.4, 0.5) is 0 Å². The molecule has 0 heterocycles. The van der Waals surface area contributed by atoms with Crippen LogP contribution in [0.25, 0.3) is 5.57 Å². The SMILES string of the molecule is CCCCCC(=C(Cl)Cl)c1ccccc1. The van der Waals surface area contributed by atoms with Gasteiger partial charge in [-0.05, 0) is 24.0 Å². The van der Waals surface area contributed by atoms with Gasteiger partial charge in [-0.2, -0.15) is 0 Å². The Bertz CT molecular complexity index is 311. The van der Waals surface area contributed by atoms with Crippen LogP contribution in [0.5, 0.6) is 0 Å². The molecule has 0 atom stereocenters. The molecule has 15 heavy (non-hydrogen) atoms. The van der Waals surface area contributed by atoms with E-state index in [0.717, 1.165) is 24.0 Å². The zero-order chi connectivity index (χ0) is 11.1. The Hall–Kier alpha value is -0.460. The lowest BCUT2D eigenvalue weighted by Crippen LogP contribution is -1.86. The molecule has 82 valence electrons. The predicted molar refractivity (Wildman–Crippen MR) is 69.2 cm³/mol. The van der Waals surface area contributed by atoms with E-state index in [1.165, 1.54) is 12.8 Å². The Balaban J connectivity index is 2.73. The average molecular weight is 243 g/mol. The average Bonchev–Trinajstić information content (AvgIpc) is 2.25. The fourth-order valence-corrected chi connectivity index (χ4v) is 1.95. The molecule has 0 aliphatic carbocycles. The van der Waals surface area contributed by atoms with E-state index < -0.39 is 0 Å². The molecule has 0 N–H and O–H groups in total. The summed E-state index contributed by atoms with van der Waals surface area (Å²) >= 11 is 11.8. The molecule has 2 heteroatoms. The molecule has 1 aromatic carbocycles. The molecule has 0 saturated heterocycles. The standard InChI is InChI=1S/C13H16Cl2/c1-2-3-5-10-12(13(14)15)11-8-6-4-7-9-11/h4,6-9H,2-3,5,10H2,1H3. The van der Waals surface area contributed by atoms with Gasteiger partial charge in [-0.3, -0.25) is 0 Å². The monoisotopic (exact) mass is 242 g/mol. The van der Waals surface area contributed by atoms with Crippen molar-refractivity contribution in [2.24, 2.45) is 0 Å². The quantitative estimate of drug-likeness (QED) is 0.606. The van der Waals surface area contributed by atoms with Crippen molar-refractivity contribution in [3.8, 4) is 0 Å². The van der Waals surface area contributed by atoms with E-state index in [1.54, 1.807) is 0 Å². The molecule has 0 saturated carbocycles. The van der Waals surface area contributed by atoms with Gasteiger partial charge in [0.1, 0.15) is 4.49 Å². The van der Waals surface area contributed by atoms with Crippen molar-refractivity contribution in [2.75, 3.05) is 0 Å². The minimum absolute atomic E-state index is 0.400. The van der Waals surface area contributed by atoms with Crippen molar-refractivity contribution < 1.29 is 0 Å². The van der Waals surface area contributed by atoms with Crippen LogP contribution in [0.3, 0.4) is 0 Å². The van der Waals surface area contributed by atoms with Gasteiger partial charge in [0.2, 0.25) is 0 Å². The fraction of sp³-hybridized carbons (Fsp3) is 0.385. The topological polar surface area (TPSA) is 0 Å². The van der Waals surface area contributed by atoms with E-state index >= 15 is 0 Å². The molecule has 0 spiro atoms. The summed E-state index contributed by atoms with van der Waals surface area (Å²) in [4.78, 5) is 0. The second kappa shape index (κ2) is 6.92. The number of halogens is 2. The maximum Gasteiger partial charge on any atom is 0.110 e. The summed E-state index contributed by atoms with van der Waals surface area (Å²) < 4.78 is 0.400. The Morgan fingerprint density at radius 3 is 2.27 bits per heavy atom. The van der Waals surface area contributed by atoms with E-state index in [9.17, 15) is 0 Å². The molecule has 0 nitrogen and oxygen atoms in total. The van der Waals surface area contributed by atoms with Crippen LogP contribution in [0.1, 0.15) is 38.2 Å². The number of allylic oxidation sites excluding steroid dienone is 1. The molecule has 0 amide bonds. The third kappa shape index (κ3) is 4.27. The van der Waals surface area contributed by atoms with Gasteiger partial charge in [0.25, 0.3) is 0 Å². The maximum absolute atomic E-state index is 5.90. The van der Waals surface area contributed by atoms with Crippen LogP contribution >= 0.6 is 23.2 Å². The highest BCUT2D eigenvalue weighted by atomic mass is 35.5. The molecule has 0 unspecified atom stereocenters. The first-order valence-corrected chi connectivity index (χ1v) is 6.11. The van der Waals surface area contributed by atoms with Crippen LogP contribution in [-0.2, 0) is 0 Å². The summed E-state index contributed by atoms with van der Waals surface area (Å²) in [5.74, 6) is 0. The lowest BCUT2D eigenvalue weighted by molar-refractivity contribution is 0.735. The summed E-state index contributed by atoms with van der Waals surface area (Å²) in [5.41, 5.74) is 2.20. The van der Waals surface area contributed by atoms with Gasteiger partial charge >= 0.3 is 0 Å². The minimum Gasteiger partial charge on any atom is -0.0706 e. The van der Waals surface area contributed by atoms with Crippen molar-refractivity contribution in [2.45, 2.75) is 32.6 Å². The first-order chi connectivity index (χ1) is 7.25. The molecule has 0 bridgehead atoms. The number of unbranched alkanes of at least 4 members (excludes halogenated alkanes) is 2. The van der Waals surface area contributed by atoms with Gasteiger partial charge in [-0.1, -0.05) is 73.3 Å². The number of benzene rings is 1. The van der Waals surface area contributed by atoms with Crippen molar-refractivity contribution in [3.05, 3.63) is 40.4 Å². The molecule has 0 fully saturated rings. The van der Waals surface area contributed by atoms with Crippen LogP contribution in [0, 0.1) is 0 Å². The van der Waals surface area contributed by atoms with Gasteiger partial charge in [0, 0.05) is 0 Å². The van der Waals surface area contributed by atoms with E-state index in [0.29, 0.717) is 4.49 Å². The van der Waals surface area contributed by atoms with Crippen molar-refractivity contribution in [1.82, 2.24) is 0 Å². The summed E-state index contributed by atoms with van der Waals surface area (Å²) in [6.07, 6.45) is 4.53. The van der Waals surface area contributed by atoms with Crippen LogP contribution in [0.15, 0.2) is 34.8 Å². The van der Waals surface area contributed by atoms with Crippen molar-refractivity contribution >= 4 is 28.8 Å². The third-order valence-electron chi connectivity index (χ3n) is 2.38. The summed E-state index contributed by atoms with van der Waals surface area (Å²) in [7, 11) is 0. The highest BCUT2D eigenvalue weighted by Gasteiger charge is 2.05. The summed E-state index contributed by atoms with van der Waals surface area (Å²) in [6.45, 7) is 2.19. The van der Waals surface area contributed by atoms with E-state index in [-0.39, 0.29) is 0 Å². The lowest BCUT2D eigenvalue weighted by atomic mass is 10.0. The molecular weight excluding hydrogens is 227 g/mol. The normalized spacial score (nSPS) is 10.1. The number of hydrogen-bond donors (Lipinski definition) is 0. The van der Waals surface area contributed by atoms with Crippen molar-refractivity contribution in [3.63, 3.8) is 0 Å². The maximum atomic E-state index is 5.90.